The fourth-order valence-corrected chi connectivity index (χ4v) is 3.11. The average Bonchev–Trinajstić information content (AvgIpc) is 2.79. The first-order valence-corrected chi connectivity index (χ1v) is 8.16. The Morgan fingerprint density at radius 1 is 1.15 bits per heavy atom. The highest BCUT2D eigenvalue weighted by Crippen LogP contribution is 2.21. The van der Waals surface area contributed by atoms with Crippen LogP contribution in [0.25, 0.3) is 0 Å². The van der Waals surface area contributed by atoms with Gasteiger partial charge in [0.2, 0.25) is 0 Å². The topological polar surface area (TPSA) is 78.4 Å². The van der Waals surface area contributed by atoms with E-state index in [9.17, 15) is 9.59 Å². The van der Waals surface area contributed by atoms with Crippen LogP contribution in [-0.4, -0.2) is 30.2 Å². The van der Waals surface area contributed by atoms with Crippen molar-refractivity contribution < 1.29 is 14.7 Å². The second-order valence-corrected chi connectivity index (χ2v) is 6.89. The van der Waals surface area contributed by atoms with Gasteiger partial charge in [-0.05, 0) is 47.3 Å². The molecule has 0 fully saturated rings. The molecule has 3 N–H and O–H groups in total. The fraction of sp³-hybridized carbons (Fsp3) is 0.538. The van der Waals surface area contributed by atoms with E-state index in [-0.39, 0.29) is 12.5 Å². The van der Waals surface area contributed by atoms with E-state index < -0.39 is 5.97 Å². The zero-order chi connectivity index (χ0) is 14.8. The van der Waals surface area contributed by atoms with E-state index in [1.165, 1.54) is 4.88 Å². The number of unbranched alkanes of at least 4 members (excludes halogenated alkanes) is 2. The van der Waals surface area contributed by atoms with Crippen LogP contribution in [0.1, 0.15) is 30.6 Å². The number of rotatable bonds is 9. The number of nitrogens with one attached hydrogen (secondary N) is 2. The molecule has 0 saturated carbocycles. The van der Waals surface area contributed by atoms with E-state index >= 15 is 0 Å². The van der Waals surface area contributed by atoms with Gasteiger partial charge < -0.3 is 15.7 Å². The zero-order valence-electron chi connectivity index (χ0n) is 11.2. The number of halogens is 1. The average molecular weight is 363 g/mol. The number of carbonyl (C=O) groups is 2. The lowest BCUT2D eigenvalue weighted by Gasteiger charge is -2.06. The summed E-state index contributed by atoms with van der Waals surface area (Å²) in [7, 11) is 0. The van der Waals surface area contributed by atoms with Crippen molar-refractivity contribution in [2.24, 2.45) is 0 Å². The first kappa shape index (κ1) is 17.0. The van der Waals surface area contributed by atoms with Crippen molar-refractivity contribution in [1.82, 2.24) is 10.6 Å². The summed E-state index contributed by atoms with van der Waals surface area (Å²) in [6.45, 7) is 1.19. The van der Waals surface area contributed by atoms with Gasteiger partial charge in [-0.2, -0.15) is 0 Å². The van der Waals surface area contributed by atoms with E-state index in [2.05, 4.69) is 26.6 Å². The molecule has 20 heavy (non-hydrogen) atoms. The number of urea groups is 1. The summed E-state index contributed by atoms with van der Waals surface area (Å²) in [6.07, 6.45) is 3.30. The number of thiophene rings is 1. The van der Waals surface area contributed by atoms with Crippen LogP contribution in [0.4, 0.5) is 4.79 Å². The quantitative estimate of drug-likeness (QED) is 0.590. The van der Waals surface area contributed by atoms with Crippen LogP contribution >= 0.6 is 27.3 Å². The Bertz CT molecular complexity index is 437. The maximum atomic E-state index is 11.5. The first-order chi connectivity index (χ1) is 9.58. The molecule has 1 rings (SSSR count). The van der Waals surface area contributed by atoms with Gasteiger partial charge in [0, 0.05) is 24.4 Å². The number of carboxylic acids is 1. The van der Waals surface area contributed by atoms with Crippen molar-refractivity contribution in [2.45, 2.75) is 32.1 Å². The first-order valence-electron chi connectivity index (χ1n) is 6.55. The van der Waals surface area contributed by atoms with E-state index in [0.29, 0.717) is 19.5 Å². The van der Waals surface area contributed by atoms with Crippen LogP contribution in [0.5, 0.6) is 0 Å². The molecule has 2 amide bonds. The number of amides is 2. The minimum absolute atomic E-state index is 0.168. The number of carboxylic acid groups (broad SMARTS) is 1. The highest BCUT2D eigenvalue weighted by molar-refractivity contribution is 9.11. The zero-order valence-corrected chi connectivity index (χ0v) is 13.6. The number of aliphatic carboxylic acids is 1. The molecule has 0 spiro atoms. The maximum Gasteiger partial charge on any atom is 0.314 e. The number of hydrogen-bond donors (Lipinski definition) is 3. The molecule has 0 aliphatic carbocycles. The van der Waals surface area contributed by atoms with Gasteiger partial charge in [0.05, 0.1) is 3.79 Å². The molecule has 0 atom stereocenters. The second-order valence-electron chi connectivity index (χ2n) is 4.34. The Balaban J connectivity index is 1.96. The van der Waals surface area contributed by atoms with E-state index in [1.807, 2.05) is 12.1 Å². The lowest BCUT2D eigenvalue weighted by atomic mass is 10.2. The van der Waals surface area contributed by atoms with Gasteiger partial charge >= 0.3 is 12.0 Å². The summed E-state index contributed by atoms with van der Waals surface area (Å²) in [5.74, 6) is -0.768. The molecule has 0 aliphatic heterocycles. The Hall–Kier alpha value is -1.08. The summed E-state index contributed by atoms with van der Waals surface area (Å²) < 4.78 is 1.10. The fourth-order valence-electron chi connectivity index (χ4n) is 1.63. The number of hydrogen-bond acceptors (Lipinski definition) is 3. The Morgan fingerprint density at radius 3 is 2.55 bits per heavy atom. The Morgan fingerprint density at radius 2 is 1.90 bits per heavy atom. The molecule has 1 aromatic rings. The molecule has 0 bridgehead atoms. The lowest BCUT2D eigenvalue weighted by Crippen LogP contribution is -2.37. The summed E-state index contributed by atoms with van der Waals surface area (Å²) in [6, 6.07) is 3.87. The van der Waals surface area contributed by atoms with Gasteiger partial charge in [-0.1, -0.05) is 6.42 Å². The van der Waals surface area contributed by atoms with Crippen LogP contribution in [0.2, 0.25) is 0 Å². The monoisotopic (exact) mass is 362 g/mol. The molecular weight excluding hydrogens is 344 g/mol. The maximum absolute atomic E-state index is 11.5. The van der Waals surface area contributed by atoms with Crippen LogP contribution in [0.15, 0.2) is 15.9 Å². The molecule has 5 nitrogen and oxygen atoms in total. The lowest BCUT2D eigenvalue weighted by molar-refractivity contribution is -0.137. The SMILES string of the molecule is O=C(O)CCCCCNC(=O)NCCc1ccc(Br)s1. The molecular formula is C13H19BrN2O3S. The Labute approximate surface area is 130 Å². The molecule has 0 saturated heterocycles. The second kappa shape index (κ2) is 9.77. The van der Waals surface area contributed by atoms with Gasteiger partial charge in [0.25, 0.3) is 0 Å². The molecule has 1 heterocycles. The summed E-state index contributed by atoms with van der Waals surface area (Å²) in [4.78, 5) is 23.0. The van der Waals surface area contributed by atoms with Gasteiger partial charge in [0.1, 0.15) is 0 Å². The third-order valence-corrected chi connectivity index (χ3v) is 4.32. The van der Waals surface area contributed by atoms with E-state index in [0.717, 1.165) is 23.0 Å². The third kappa shape index (κ3) is 8.16. The predicted octanol–water partition coefficient (Wildman–Crippen LogP) is 3.00. The molecule has 1 aromatic heterocycles. The summed E-state index contributed by atoms with van der Waals surface area (Å²) >= 11 is 5.06. The summed E-state index contributed by atoms with van der Waals surface area (Å²) in [5.41, 5.74) is 0. The summed E-state index contributed by atoms with van der Waals surface area (Å²) in [5, 5.41) is 14.0. The van der Waals surface area contributed by atoms with E-state index in [1.54, 1.807) is 11.3 Å². The van der Waals surface area contributed by atoms with Crippen molar-refractivity contribution in [2.75, 3.05) is 13.1 Å². The van der Waals surface area contributed by atoms with Crippen molar-refractivity contribution in [3.8, 4) is 0 Å². The third-order valence-electron chi connectivity index (χ3n) is 2.64. The van der Waals surface area contributed by atoms with Crippen molar-refractivity contribution in [1.29, 1.82) is 0 Å². The van der Waals surface area contributed by atoms with E-state index in [4.69, 9.17) is 5.11 Å². The molecule has 0 radical (unpaired) electrons. The minimum Gasteiger partial charge on any atom is -0.481 e. The Kier molecular flexibility index (Phi) is 8.29. The molecule has 0 aliphatic rings. The van der Waals surface area contributed by atoms with Gasteiger partial charge in [-0.3, -0.25) is 4.79 Å². The minimum atomic E-state index is -0.768. The van der Waals surface area contributed by atoms with Crippen LogP contribution in [0, 0.1) is 0 Å². The van der Waals surface area contributed by atoms with Crippen LogP contribution < -0.4 is 10.6 Å². The molecule has 0 aromatic carbocycles. The smallest absolute Gasteiger partial charge is 0.314 e. The van der Waals surface area contributed by atoms with Gasteiger partial charge in [-0.25, -0.2) is 4.79 Å². The van der Waals surface area contributed by atoms with Crippen molar-refractivity contribution in [3.63, 3.8) is 0 Å². The van der Waals surface area contributed by atoms with Crippen LogP contribution in [-0.2, 0) is 11.2 Å². The molecule has 0 unspecified atom stereocenters. The highest BCUT2D eigenvalue weighted by Gasteiger charge is 2.01. The van der Waals surface area contributed by atoms with Crippen LogP contribution in [0.3, 0.4) is 0 Å². The molecule has 112 valence electrons. The standard InChI is InChI=1S/C13H19BrN2O3S/c14-11-6-5-10(20-11)7-9-16-13(19)15-8-3-1-2-4-12(17)18/h5-6H,1-4,7-9H2,(H,17,18)(H2,15,16,19). The number of carbonyl (C=O) groups excluding carboxylic acids is 1. The normalized spacial score (nSPS) is 10.2. The predicted molar refractivity (Wildman–Crippen MR) is 83.2 cm³/mol. The largest absolute Gasteiger partial charge is 0.481 e. The van der Waals surface area contributed by atoms with Crippen molar-refractivity contribution in [3.05, 3.63) is 20.8 Å². The van der Waals surface area contributed by atoms with Crippen molar-refractivity contribution >= 4 is 39.3 Å². The van der Waals surface area contributed by atoms with Gasteiger partial charge in [-0.15, -0.1) is 11.3 Å². The van der Waals surface area contributed by atoms with Gasteiger partial charge in [0.15, 0.2) is 0 Å². The highest BCUT2D eigenvalue weighted by atomic mass is 79.9. The molecule has 7 heteroatoms.